The van der Waals surface area contributed by atoms with Crippen molar-refractivity contribution in [3.63, 3.8) is 0 Å². The molecule has 13 heteroatoms. The van der Waals surface area contributed by atoms with Gasteiger partial charge in [-0.3, -0.25) is 28.6 Å². The van der Waals surface area contributed by atoms with Gasteiger partial charge in [-0.05, 0) is 37.6 Å². The third-order valence-electron chi connectivity index (χ3n) is 5.16. The van der Waals surface area contributed by atoms with E-state index in [4.69, 9.17) is 17.3 Å². The molecule has 0 radical (unpaired) electrons. The highest BCUT2D eigenvalue weighted by atomic mass is 32.2. The van der Waals surface area contributed by atoms with Crippen LogP contribution in [0.5, 0.6) is 0 Å². The molecule has 1 saturated heterocycles. The van der Waals surface area contributed by atoms with Crippen LogP contribution in [0.25, 0.3) is 10.5 Å². The normalized spacial score (nSPS) is 19.0. The molecule has 1 aromatic carbocycles. The van der Waals surface area contributed by atoms with Crippen molar-refractivity contribution in [1.82, 2.24) is 9.47 Å². The van der Waals surface area contributed by atoms with Crippen molar-refractivity contribution in [1.29, 1.82) is 0 Å². The fourth-order valence-electron chi connectivity index (χ4n) is 3.64. The fraction of sp³-hybridized carbons (Fsp3) is 0.227. The van der Waals surface area contributed by atoms with E-state index < -0.39 is 36.5 Å². The summed E-state index contributed by atoms with van der Waals surface area (Å²) in [5, 5.41) is 19.4. The standard InChI is InChI=1S/C22H19N3O6S4/c1-3-23-12-6-4-5-7-13(12)33-14(23)8-11(2)17-19(30)24(9-15(26)27)21(34-17)18-20(31)25(10-16(28)29)22(32)35-18/h4-8H,3,9-10H2,1-2H3,(H,26,27)(H,28,29)/b14-8?,17-11+,21-18-. The van der Waals surface area contributed by atoms with E-state index in [0.29, 0.717) is 10.1 Å². The number of thioether (sulfide) groups is 2. The Balaban J connectivity index is 1.89. The van der Waals surface area contributed by atoms with E-state index in [-0.39, 0.29) is 13.9 Å². The van der Waals surface area contributed by atoms with E-state index >= 15 is 0 Å². The molecule has 0 unspecified atom stereocenters. The first-order valence-electron chi connectivity index (χ1n) is 10.3. The van der Waals surface area contributed by atoms with Gasteiger partial charge < -0.3 is 15.1 Å². The molecular weight excluding hydrogens is 531 g/mol. The van der Waals surface area contributed by atoms with Gasteiger partial charge in [0, 0.05) is 11.4 Å². The van der Waals surface area contributed by atoms with Crippen LogP contribution < -0.4 is 19.7 Å². The van der Waals surface area contributed by atoms with Crippen LogP contribution >= 0.6 is 47.1 Å². The molecule has 0 aliphatic carbocycles. The summed E-state index contributed by atoms with van der Waals surface area (Å²) in [5.41, 5.74) is 1.17. The summed E-state index contributed by atoms with van der Waals surface area (Å²) in [7, 11) is 0. The topological polar surface area (TPSA) is 120 Å². The summed E-state index contributed by atoms with van der Waals surface area (Å²) in [6, 6.07) is 7.97. The molecule has 9 nitrogen and oxygen atoms in total. The zero-order valence-electron chi connectivity index (χ0n) is 18.5. The Morgan fingerprint density at radius 1 is 1.06 bits per heavy atom. The number of anilines is 1. The molecule has 2 aliphatic heterocycles. The summed E-state index contributed by atoms with van der Waals surface area (Å²) in [6.07, 6.45) is 1.88. The number of carbonyl (C=O) groups is 3. The SMILES string of the molecule is CCN1C(=C/C(C)=c2/s/c(=C3\SC(=S)N(CC(=O)O)C3=O)n(CC(=O)O)c2=O)Sc2ccccc21. The summed E-state index contributed by atoms with van der Waals surface area (Å²) in [4.78, 5) is 53.0. The first kappa shape index (κ1) is 25.2. The molecule has 0 spiro atoms. The highest BCUT2D eigenvalue weighted by Gasteiger charge is 2.35. The minimum atomic E-state index is -1.24. The Morgan fingerprint density at radius 3 is 2.40 bits per heavy atom. The number of allylic oxidation sites excluding steroid dienone is 1. The van der Waals surface area contributed by atoms with Gasteiger partial charge in [0.1, 0.15) is 27.0 Å². The maximum Gasteiger partial charge on any atom is 0.323 e. The first-order valence-corrected chi connectivity index (χ1v) is 13.2. The zero-order chi connectivity index (χ0) is 25.4. The van der Waals surface area contributed by atoms with Crippen LogP contribution in [0.15, 0.2) is 45.1 Å². The van der Waals surface area contributed by atoms with E-state index in [1.54, 1.807) is 18.7 Å². The van der Waals surface area contributed by atoms with Crippen molar-refractivity contribution in [3.05, 3.63) is 54.9 Å². The number of fused-ring (bicyclic) bond motifs is 1. The minimum absolute atomic E-state index is 0.0400. The largest absolute Gasteiger partial charge is 0.480 e. The van der Waals surface area contributed by atoms with E-state index in [0.717, 1.165) is 54.7 Å². The lowest BCUT2D eigenvalue weighted by Crippen LogP contribution is -2.37. The Kier molecular flexibility index (Phi) is 7.22. The van der Waals surface area contributed by atoms with Crippen LogP contribution in [0.1, 0.15) is 13.8 Å². The second-order valence-electron chi connectivity index (χ2n) is 7.48. The molecule has 1 amide bonds. The van der Waals surface area contributed by atoms with E-state index in [1.807, 2.05) is 37.3 Å². The predicted molar refractivity (Wildman–Crippen MR) is 141 cm³/mol. The predicted octanol–water partition coefficient (Wildman–Crippen LogP) is 1.69. The summed E-state index contributed by atoms with van der Waals surface area (Å²) in [5.74, 6) is -3.14. The van der Waals surface area contributed by atoms with Gasteiger partial charge in [-0.2, -0.15) is 0 Å². The maximum absolute atomic E-state index is 13.3. The number of nitrogens with zero attached hydrogens (tertiary/aromatic N) is 3. The lowest BCUT2D eigenvalue weighted by Gasteiger charge is -2.17. The number of aliphatic carboxylic acids is 2. The quantitative estimate of drug-likeness (QED) is 0.515. The van der Waals surface area contributed by atoms with Crippen molar-refractivity contribution in [2.24, 2.45) is 0 Å². The molecule has 1 aromatic heterocycles. The van der Waals surface area contributed by atoms with Gasteiger partial charge in [-0.1, -0.05) is 47.9 Å². The lowest BCUT2D eigenvalue weighted by molar-refractivity contribution is -0.140. The number of thiocarbonyl (C=S) groups is 1. The average Bonchev–Trinajstić information content (AvgIpc) is 3.40. The van der Waals surface area contributed by atoms with Crippen LogP contribution in [0.3, 0.4) is 0 Å². The summed E-state index contributed by atoms with van der Waals surface area (Å²) in [6.45, 7) is 3.26. The monoisotopic (exact) mass is 549 g/mol. The van der Waals surface area contributed by atoms with Crippen LogP contribution in [-0.4, -0.2) is 54.9 Å². The summed E-state index contributed by atoms with van der Waals surface area (Å²) >= 11 is 8.59. The number of amides is 1. The fourth-order valence-corrected chi connectivity index (χ4v) is 7.39. The molecule has 4 rings (SSSR count). The second kappa shape index (κ2) is 10.0. The van der Waals surface area contributed by atoms with Crippen molar-refractivity contribution in [2.45, 2.75) is 25.3 Å². The van der Waals surface area contributed by atoms with Gasteiger partial charge in [0.15, 0.2) is 0 Å². The van der Waals surface area contributed by atoms with E-state index in [1.165, 1.54) is 0 Å². The molecule has 0 saturated carbocycles. The average molecular weight is 550 g/mol. The van der Waals surface area contributed by atoms with Crippen LogP contribution in [0.2, 0.25) is 0 Å². The van der Waals surface area contributed by atoms with Crippen molar-refractivity contribution in [3.8, 4) is 0 Å². The Bertz CT molecular complexity index is 1490. The number of rotatable bonds is 6. The molecule has 182 valence electrons. The van der Waals surface area contributed by atoms with Gasteiger partial charge in [-0.15, -0.1) is 11.3 Å². The third-order valence-corrected chi connectivity index (χ3v) is 9.16. The Labute approximate surface area is 217 Å². The molecule has 35 heavy (non-hydrogen) atoms. The highest BCUT2D eigenvalue weighted by molar-refractivity contribution is 8.30. The number of carbonyl (C=O) groups excluding carboxylic acids is 1. The molecule has 1 fully saturated rings. The van der Waals surface area contributed by atoms with Crippen LogP contribution in [0, 0.1) is 0 Å². The van der Waals surface area contributed by atoms with Crippen molar-refractivity contribution in [2.75, 3.05) is 18.0 Å². The number of benzene rings is 1. The molecular formula is C22H19N3O6S4. The van der Waals surface area contributed by atoms with Gasteiger partial charge in [0.25, 0.3) is 11.5 Å². The lowest BCUT2D eigenvalue weighted by atomic mass is 10.2. The summed E-state index contributed by atoms with van der Waals surface area (Å²) < 4.78 is 1.51. The second-order valence-corrected chi connectivity index (χ2v) is 11.2. The smallest absolute Gasteiger partial charge is 0.323 e. The van der Waals surface area contributed by atoms with Gasteiger partial charge in [0.05, 0.1) is 15.2 Å². The van der Waals surface area contributed by atoms with Gasteiger partial charge >= 0.3 is 11.9 Å². The first-order chi connectivity index (χ1) is 16.6. The van der Waals surface area contributed by atoms with E-state index in [9.17, 15) is 24.3 Å². The van der Waals surface area contributed by atoms with Crippen LogP contribution in [0.4, 0.5) is 5.69 Å². The Hall–Kier alpha value is -2.87. The number of hydrogen-bond acceptors (Lipinski definition) is 9. The molecule has 2 aromatic rings. The van der Waals surface area contributed by atoms with Gasteiger partial charge in [-0.25, -0.2) is 0 Å². The molecule has 2 aliphatic rings. The number of para-hydroxylation sites is 1. The number of carboxylic acid groups (broad SMARTS) is 2. The number of hydrogen-bond donors (Lipinski definition) is 2. The number of aromatic nitrogens is 1. The Morgan fingerprint density at radius 2 is 1.74 bits per heavy atom. The van der Waals surface area contributed by atoms with Crippen molar-refractivity contribution >= 4 is 85.4 Å². The molecule has 2 N–H and O–H groups in total. The highest BCUT2D eigenvalue weighted by Crippen LogP contribution is 2.45. The number of thiazole rings is 1. The van der Waals surface area contributed by atoms with Crippen molar-refractivity contribution < 1.29 is 24.6 Å². The molecule has 0 atom stereocenters. The molecule has 0 bridgehead atoms. The van der Waals surface area contributed by atoms with E-state index in [2.05, 4.69) is 4.90 Å². The third kappa shape index (κ3) is 4.81. The molecule has 3 heterocycles. The minimum Gasteiger partial charge on any atom is -0.480 e. The zero-order valence-corrected chi connectivity index (χ0v) is 21.8. The van der Waals surface area contributed by atoms with Gasteiger partial charge in [0.2, 0.25) is 0 Å². The maximum atomic E-state index is 13.3. The number of carboxylic acids is 2. The van der Waals surface area contributed by atoms with Crippen LogP contribution in [-0.2, 0) is 20.9 Å².